The highest BCUT2D eigenvalue weighted by atomic mass is 16.4. The molecule has 0 saturated carbocycles. The Hall–Kier alpha value is -3.20. The van der Waals surface area contributed by atoms with Gasteiger partial charge in [-0.2, -0.15) is 5.26 Å². The summed E-state index contributed by atoms with van der Waals surface area (Å²) in [5.41, 5.74) is 2.30. The van der Waals surface area contributed by atoms with Gasteiger partial charge in [0, 0.05) is 29.7 Å². The van der Waals surface area contributed by atoms with Crippen molar-refractivity contribution in [1.82, 2.24) is 9.97 Å². The average Bonchev–Trinajstić information content (AvgIpc) is 2.49. The predicted octanol–water partition coefficient (Wildman–Crippen LogP) is 1.87. The van der Waals surface area contributed by atoms with E-state index >= 15 is 0 Å². The van der Waals surface area contributed by atoms with Gasteiger partial charge in [-0.25, -0.2) is 4.79 Å². The van der Waals surface area contributed by atoms with Gasteiger partial charge in [0.1, 0.15) is 11.6 Å². The van der Waals surface area contributed by atoms with Crippen LogP contribution >= 0.6 is 0 Å². The molecule has 21 heavy (non-hydrogen) atoms. The quantitative estimate of drug-likeness (QED) is 0.818. The zero-order valence-corrected chi connectivity index (χ0v) is 11.3. The Balaban J connectivity index is 0.000000383. The highest BCUT2D eigenvalue weighted by molar-refractivity contribution is 5.78. The van der Waals surface area contributed by atoms with Crippen LogP contribution < -0.4 is 5.56 Å². The molecule has 0 aliphatic heterocycles. The normalized spacial score (nSPS) is 8.95. The predicted molar refractivity (Wildman–Crippen MR) is 77.6 cm³/mol. The number of carbonyl (C=O) groups is 1. The molecule has 0 fully saturated rings. The minimum Gasteiger partial charge on any atom is -0.478 e. The van der Waals surface area contributed by atoms with E-state index in [1.165, 1.54) is 0 Å². The van der Waals surface area contributed by atoms with E-state index in [0.717, 1.165) is 22.9 Å². The number of nitrogens with zero attached hydrogens (tertiary/aromatic N) is 2. The number of aryl methyl sites for hydroxylation is 1. The first-order valence-electron chi connectivity index (χ1n) is 5.89. The van der Waals surface area contributed by atoms with Crippen LogP contribution in [0.4, 0.5) is 0 Å². The van der Waals surface area contributed by atoms with Gasteiger partial charge in [0.25, 0.3) is 5.56 Å². The number of hydrogen-bond donors (Lipinski definition) is 2. The van der Waals surface area contributed by atoms with Gasteiger partial charge < -0.3 is 10.1 Å². The van der Waals surface area contributed by atoms with Crippen LogP contribution in [-0.4, -0.2) is 21.0 Å². The second-order valence-electron chi connectivity index (χ2n) is 3.94. The molecular formula is C15H13N3O3. The van der Waals surface area contributed by atoms with E-state index < -0.39 is 5.97 Å². The fourth-order valence-electron chi connectivity index (χ4n) is 1.54. The van der Waals surface area contributed by atoms with E-state index in [1.807, 2.05) is 18.2 Å². The van der Waals surface area contributed by atoms with Gasteiger partial charge in [-0.1, -0.05) is 6.58 Å². The van der Waals surface area contributed by atoms with Gasteiger partial charge in [0.05, 0.1) is 0 Å². The number of hydrogen-bond acceptors (Lipinski definition) is 4. The molecule has 0 aliphatic carbocycles. The van der Waals surface area contributed by atoms with Crippen molar-refractivity contribution in [1.29, 1.82) is 5.26 Å². The summed E-state index contributed by atoms with van der Waals surface area (Å²) in [5, 5.41) is 16.4. The second kappa shape index (κ2) is 7.40. The van der Waals surface area contributed by atoms with Crippen LogP contribution in [0.1, 0.15) is 11.3 Å². The Bertz CT molecular complexity index is 743. The fourth-order valence-corrected chi connectivity index (χ4v) is 1.54. The number of carboxylic acids is 1. The third kappa shape index (κ3) is 4.44. The summed E-state index contributed by atoms with van der Waals surface area (Å²) in [4.78, 5) is 27.2. The summed E-state index contributed by atoms with van der Waals surface area (Å²) in [7, 11) is 0. The molecule has 0 radical (unpaired) electrons. The summed E-state index contributed by atoms with van der Waals surface area (Å²) in [6, 6.07) is 7.14. The van der Waals surface area contributed by atoms with Crippen molar-refractivity contribution >= 4 is 5.97 Å². The maximum atomic E-state index is 11.4. The standard InChI is InChI=1S/C12H9N3O.C3H4O2/c1-8-11(9-2-4-14-5-3-9)6-10(7-13)12(16)15-8;1-2-3(4)5/h2-6H,1H3,(H,15,16);2H,1H2,(H,4,5). The number of aromatic nitrogens is 2. The largest absolute Gasteiger partial charge is 0.478 e. The SMILES string of the molecule is C=CC(=O)O.Cc1[nH]c(=O)c(C#N)cc1-c1ccncc1. The molecule has 2 heterocycles. The van der Waals surface area contributed by atoms with Crippen LogP contribution in [-0.2, 0) is 4.79 Å². The molecule has 2 rings (SSSR count). The molecule has 0 saturated heterocycles. The smallest absolute Gasteiger partial charge is 0.327 e. The van der Waals surface area contributed by atoms with Gasteiger partial charge >= 0.3 is 5.97 Å². The summed E-state index contributed by atoms with van der Waals surface area (Å²) < 4.78 is 0. The molecule has 0 aliphatic rings. The monoisotopic (exact) mass is 283 g/mol. The van der Waals surface area contributed by atoms with Crippen molar-refractivity contribution in [2.24, 2.45) is 0 Å². The molecule has 106 valence electrons. The lowest BCUT2D eigenvalue weighted by molar-refractivity contribution is -0.131. The molecule has 0 atom stereocenters. The van der Waals surface area contributed by atoms with Crippen LogP contribution in [0.15, 0.2) is 48.0 Å². The molecule has 0 aromatic carbocycles. The Morgan fingerprint density at radius 1 is 1.48 bits per heavy atom. The summed E-state index contributed by atoms with van der Waals surface area (Å²) in [6.07, 6.45) is 4.18. The number of pyridine rings is 2. The van der Waals surface area contributed by atoms with Crippen molar-refractivity contribution in [3.63, 3.8) is 0 Å². The first-order chi connectivity index (χ1) is 9.99. The van der Waals surface area contributed by atoms with Crippen molar-refractivity contribution in [3.05, 3.63) is 64.9 Å². The van der Waals surface area contributed by atoms with Crippen LogP contribution in [0.5, 0.6) is 0 Å². The Kier molecular flexibility index (Phi) is 5.59. The highest BCUT2D eigenvalue weighted by Crippen LogP contribution is 2.20. The minimum atomic E-state index is -0.981. The molecule has 2 aromatic heterocycles. The number of nitriles is 1. The summed E-state index contributed by atoms with van der Waals surface area (Å²) >= 11 is 0. The lowest BCUT2D eigenvalue weighted by Gasteiger charge is -2.05. The molecule has 0 unspecified atom stereocenters. The second-order valence-corrected chi connectivity index (χ2v) is 3.94. The maximum absolute atomic E-state index is 11.4. The highest BCUT2D eigenvalue weighted by Gasteiger charge is 2.06. The van der Waals surface area contributed by atoms with Crippen LogP contribution in [0, 0.1) is 18.3 Å². The maximum Gasteiger partial charge on any atom is 0.327 e. The molecule has 6 heteroatoms. The first-order valence-corrected chi connectivity index (χ1v) is 5.89. The van der Waals surface area contributed by atoms with Crippen molar-refractivity contribution in [2.45, 2.75) is 6.92 Å². The van der Waals surface area contributed by atoms with E-state index in [2.05, 4.69) is 16.5 Å². The number of aromatic amines is 1. The van der Waals surface area contributed by atoms with Crippen molar-refractivity contribution in [2.75, 3.05) is 0 Å². The zero-order valence-electron chi connectivity index (χ0n) is 11.3. The minimum absolute atomic E-state index is 0.123. The Morgan fingerprint density at radius 3 is 2.52 bits per heavy atom. The molecule has 0 amide bonds. The molecule has 2 N–H and O–H groups in total. The average molecular weight is 283 g/mol. The first kappa shape index (κ1) is 15.9. The zero-order chi connectivity index (χ0) is 15.8. The van der Waals surface area contributed by atoms with Crippen LogP contribution in [0.25, 0.3) is 11.1 Å². The molecule has 6 nitrogen and oxygen atoms in total. The van der Waals surface area contributed by atoms with Gasteiger partial charge in [-0.15, -0.1) is 0 Å². The number of aliphatic carboxylic acids is 1. The fraction of sp³-hybridized carbons (Fsp3) is 0.0667. The van der Waals surface area contributed by atoms with E-state index in [-0.39, 0.29) is 11.1 Å². The van der Waals surface area contributed by atoms with Crippen LogP contribution in [0.3, 0.4) is 0 Å². The number of rotatable bonds is 2. The van der Waals surface area contributed by atoms with E-state index in [0.29, 0.717) is 0 Å². The van der Waals surface area contributed by atoms with Crippen molar-refractivity contribution < 1.29 is 9.90 Å². The lowest BCUT2D eigenvalue weighted by atomic mass is 10.0. The van der Waals surface area contributed by atoms with E-state index in [1.54, 1.807) is 25.4 Å². The van der Waals surface area contributed by atoms with E-state index in [4.69, 9.17) is 10.4 Å². The van der Waals surface area contributed by atoms with Gasteiger partial charge in [-0.05, 0) is 30.7 Å². The summed E-state index contributed by atoms with van der Waals surface area (Å²) in [6.45, 7) is 4.76. The van der Waals surface area contributed by atoms with Gasteiger partial charge in [0.15, 0.2) is 0 Å². The molecule has 0 spiro atoms. The molecular weight excluding hydrogens is 270 g/mol. The third-order valence-corrected chi connectivity index (χ3v) is 2.52. The Labute approximate surface area is 121 Å². The third-order valence-electron chi connectivity index (χ3n) is 2.52. The van der Waals surface area contributed by atoms with E-state index in [9.17, 15) is 9.59 Å². The van der Waals surface area contributed by atoms with Gasteiger partial charge in [0.2, 0.25) is 0 Å². The molecule has 0 bridgehead atoms. The number of carboxylic acid groups (broad SMARTS) is 1. The van der Waals surface area contributed by atoms with Crippen LogP contribution in [0.2, 0.25) is 0 Å². The number of nitrogens with one attached hydrogen (secondary N) is 1. The van der Waals surface area contributed by atoms with Gasteiger partial charge in [-0.3, -0.25) is 9.78 Å². The lowest BCUT2D eigenvalue weighted by Crippen LogP contribution is -2.11. The topological polar surface area (TPSA) is 107 Å². The number of H-pyrrole nitrogens is 1. The summed E-state index contributed by atoms with van der Waals surface area (Å²) in [5.74, 6) is -0.981. The van der Waals surface area contributed by atoms with Crippen molar-refractivity contribution in [3.8, 4) is 17.2 Å². The Morgan fingerprint density at radius 2 is 2.05 bits per heavy atom. The molecule has 2 aromatic rings.